The second-order valence-electron chi connectivity index (χ2n) is 3.31. The van der Waals surface area contributed by atoms with Gasteiger partial charge in [-0.05, 0) is 12.8 Å². The summed E-state index contributed by atoms with van der Waals surface area (Å²) < 4.78 is 5.29. The van der Waals surface area contributed by atoms with Gasteiger partial charge in [0.1, 0.15) is 17.0 Å². The molecule has 0 aromatic carbocycles. The minimum absolute atomic E-state index is 0.333. The van der Waals surface area contributed by atoms with E-state index in [0.29, 0.717) is 16.1 Å². The smallest absolute Gasteiger partial charge is 0.156 e. The van der Waals surface area contributed by atoms with Gasteiger partial charge >= 0.3 is 0 Å². The first kappa shape index (κ1) is 11.0. The summed E-state index contributed by atoms with van der Waals surface area (Å²) in [5, 5.41) is 1.63. The van der Waals surface area contributed by atoms with Crippen LogP contribution < -0.4 is 5.73 Å². The Morgan fingerprint density at radius 3 is 2.87 bits per heavy atom. The normalized spacial score (nSPS) is 17.9. The maximum absolute atomic E-state index is 5.82. The predicted molar refractivity (Wildman–Crippen MR) is 61.2 cm³/mol. The van der Waals surface area contributed by atoms with Crippen molar-refractivity contribution in [3.63, 3.8) is 0 Å². The fraction of sp³-hybridized carbons (Fsp3) is 0.556. The fourth-order valence-corrected chi connectivity index (χ4v) is 2.67. The molecule has 2 heterocycles. The predicted octanol–water partition coefficient (Wildman–Crippen LogP) is 1.98. The molecule has 4 nitrogen and oxygen atoms in total. The van der Waals surface area contributed by atoms with Gasteiger partial charge in [0.2, 0.25) is 0 Å². The molecule has 0 bridgehead atoms. The number of rotatable bonds is 2. The second-order valence-corrected chi connectivity index (χ2v) is 4.96. The lowest BCUT2D eigenvalue weighted by Crippen LogP contribution is -2.17. The molecule has 0 amide bonds. The quantitative estimate of drug-likeness (QED) is 0.808. The van der Waals surface area contributed by atoms with Crippen LogP contribution in [0, 0.1) is 0 Å². The highest BCUT2D eigenvalue weighted by atomic mass is 35.5. The summed E-state index contributed by atoms with van der Waals surface area (Å²) in [5.74, 6) is 0. The van der Waals surface area contributed by atoms with Crippen LogP contribution in [-0.2, 0) is 4.74 Å². The van der Waals surface area contributed by atoms with E-state index in [1.807, 2.05) is 0 Å². The molecular formula is C9H12ClN3OS. The molecule has 1 aromatic rings. The summed E-state index contributed by atoms with van der Waals surface area (Å²) in [6.07, 6.45) is 3.51. The number of anilines is 1. The molecule has 6 heteroatoms. The van der Waals surface area contributed by atoms with Gasteiger partial charge < -0.3 is 10.5 Å². The van der Waals surface area contributed by atoms with Gasteiger partial charge in [-0.25, -0.2) is 9.97 Å². The number of nitrogens with zero attached hydrogens (tertiary/aromatic N) is 2. The number of aromatic nitrogens is 2. The van der Waals surface area contributed by atoms with Crippen molar-refractivity contribution < 1.29 is 4.74 Å². The summed E-state index contributed by atoms with van der Waals surface area (Å²) in [4.78, 5) is 7.96. The Bertz CT molecular complexity index is 344. The largest absolute Gasteiger partial charge is 0.394 e. The first-order chi connectivity index (χ1) is 7.27. The van der Waals surface area contributed by atoms with Crippen LogP contribution in [0.15, 0.2) is 11.4 Å². The average molecular weight is 246 g/mol. The number of ether oxygens (including phenoxy) is 1. The lowest BCUT2D eigenvalue weighted by atomic mass is 10.2. The van der Waals surface area contributed by atoms with Crippen LogP contribution in [0.4, 0.5) is 5.69 Å². The standard InChI is InChI=1S/C9H12ClN3OS/c10-8-7(11)9(13-5-12-8)15-6-1-3-14-4-2-6/h5-6H,1-4,11H2. The maximum Gasteiger partial charge on any atom is 0.156 e. The van der Waals surface area contributed by atoms with Crippen LogP contribution in [0.2, 0.25) is 5.15 Å². The number of hydrogen-bond acceptors (Lipinski definition) is 5. The molecule has 0 aliphatic carbocycles. The molecule has 1 fully saturated rings. The van der Waals surface area contributed by atoms with Gasteiger partial charge in [0, 0.05) is 18.5 Å². The molecule has 0 saturated carbocycles. The van der Waals surface area contributed by atoms with Crippen molar-refractivity contribution in [2.75, 3.05) is 18.9 Å². The summed E-state index contributed by atoms with van der Waals surface area (Å²) in [5.41, 5.74) is 6.27. The Balaban J connectivity index is 2.06. The van der Waals surface area contributed by atoms with Gasteiger partial charge in [-0.2, -0.15) is 0 Å². The van der Waals surface area contributed by atoms with E-state index in [1.165, 1.54) is 6.33 Å². The van der Waals surface area contributed by atoms with Crippen LogP contribution in [0.5, 0.6) is 0 Å². The molecular weight excluding hydrogens is 234 g/mol. The minimum atomic E-state index is 0.333. The van der Waals surface area contributed by atoms with Crippen molar-refractivity contribution in [2.45, 2.75) is 23.1 Å². The SMILES string of the molecule is Nc1c(Cl)ncnc1SC1CCOCC1. The molecule has 82 valence electrons. The third-order valence-corrected chi connectivity index (χ3v) is 3.90. The van der Waals surface area contributed by atoms with Crippen molar-refractivity contribution in [2.24, 2.45) is 0 Å². The zero-order valence-corrected chi connectivity index (χ0v) is 9.72. The minimum Gasteiger partial charge on any atom is -0.394 e. The van der Waals surface area contributed by atoms with E-state index in [1.54, 1.807) is 11.8 Å². The Kier molecular flexibility index (Phi) is 3.66. The van der Waals surface area contributed by atoms with E-state index in [4.69, 9.17) is 22.1 Å². The maximum atomic E-state index is 5.82. The number of hydrogen-bond donors (Lipinski definition) is 1. The third kappa shape index (κ3) is 2.74. The number of nitrogen functional groups attached to an aromatic ring is 1. The summed E-state index contributed by atoms with van der Waals surface area (Å²) >= 11 is 7.48. The van der Waals surface area contributed by atoms with Gasteiger partial charge in [0.15, 0.2) is 5.15 Å². The Morgan fingerprint density at radius 2 is 2.13 bits per heavy atom. The first-order valence-corrected chi connectivity index (χ1v) is 6.03. The lowest BCUT2D eigenvalue weighted by molar-refractivity contribution is 0.1000. The van der Waals surface area contributed by atoms with Crippen molar-refractivity contribution in [1.29, 1.82) is 0 Å². The van der Waals surface area contributed by atoms with E-state index >= 15 is 0 Å². The van der Waals surface area contributed by atoms with Crippen molar-refractivity contribution in [1.82, 2.24) is 9.97 Å². The van der Waals surface area contributed by atoms with Crippen molar-refractivity contribution >= 4 is 29.1 Å². The summed E-state index contributed by atoms with van der Waals surface area (Å²) in [6.45, 7) is 1.63. The molecule has 1 aliphatic heterocycles. The van der Waals surface area contributed by atoms with Gasteiger partial charge in [0.25, 0.3) is 0 Å². The Hall–Kier alpha value is -0.520. The zero-order valence-electron chi connectivity index (χ0n) is 8.15. The molecule has 0 spiro atoms. The molecule has 1 aromatic heterocycles. The number of nitrogens with two attached hydrogens (primary N) is 1. The van der Waals surface area contributed by atoms with Gasteiger partial charge in [0.05, 0.1) is 0 Å². The van der Waals surface area contributed by atoms with E-state index in [0.717, 1.165) is 31.1 Å². The molecule has 0 radical (unpaired) electrons. The van der Waals surface area contributed by atoms with E-state index in [9.17, 15) is 0 Å². The molecule has 1 aliphatic rings. The molecule has 2 N–H and O–H groups in total. The van der Waals surface area contributed by atoms with E-state index < -0.39 is 0 Å². The topological polar surface area (TPSA) is 61.0 Å². The van der Waals surface area contributed by atoms with Crippen molar-refractivity contribution in [3.05, 3.63) is 11.5 Å². The van der Waals surface area contributed by atoms with Crippen LogP contribution in [0.25, 0.3) is 0 Å². The molecule has 1 saturated heterocycles. The molecule has 15 heavy (non-hydrogen) atoms. The van der Waals surface area contributed by atoms with Gasteiger partial charge in [-0.15, -0.1) is 11.8 Å². The fourth-order valence-electron chi connectivity index (χ4n) is 1.40. The lowest BCUT2D eigenvalue weighted by Gasteiger charge is -2.21. The van der Waals surface area contributed by atoms with E-state index in [2.05, 4.69) is 9.97 Å². The Morgan fingerprint density at radius 1 is 1.40 bits per heavy atom. The number of halogens is 1. The molecule has 0 atom stereocenters. The summed E-state index contributed by atoms with van der Waals surface area (Å²) in [7, 11) is 0. The zero-order chi connectivity index (χ0) is 10.7. The van der Waals surface area contributed by atoms with Crippen LogP contribution in [-0.4, -0.2) is 28.4 Å². The molecule has 2 rings (SSSR count). The van der Waals surface area contributed by atoms with Crippen LogP contribution in [0.3, 0.4) is 0 Å². The number of thioether (sulfide) groups is 1. The van der Waals surface area contributed by atoms with Crippen LogP contribution >= 0.6 is 23.4 Å². The first-order valence-electron chi connectivity index (χ1n) is 4.77. The monoisotopic (exact) mass is 245 g/mol. The Labute approximate surface area is 97.6 Å². The van der Waals surface area contributed by atoms with Crippen LogP contribution in [0.1, 0.15) is 12.8 Å². The average Bonchev–Trinajstić information content (AvgIpc) is 2.26. The molecule has 0 unspecified atom stereocenters. The van der Waals surface area contributed by atoms with E-state index in [-0.39, 0.29) is 0 Å². The third-order valence-electron chi connectivity index (χ3n) is 2.25. The second kappa shape index (κ2) is 5.01. The van der Waals surface area contributed by atoms with Crippen molar-refractivity contribution in [3.8, 4) is 0 Å². The highest BCUT2D eigenvalue weighted by Gasteiger charge is 2.17. The highest BCUT2D eigenvalue weighted by molar-refractivity contribution is 8.00. The summed E-state index contributed by atoms with van der Waals surface area (Å²) in [6, 6.07) is 0. The highest BCUT2D eigenvalue weighted by Crippen LogP contribution is 2.33. The van der Waals surface area contributed by atoms with Gasteiger partial charge in [-0.1, -0.05) is 11.6 Å². The van der Waals surface area contributed by atoms with Gasteiger partial charge in [-0.3, -0.25) is 0 Å².